The molecule has 0 saturated heterocycles. The highest BCUT2D eigenvalue weighted by atomic mass is 32.2. The maximum absolute atomic E-state index is 12.6. The normalized spacial score (nSPS) is 11.2. The molecule has 2 aromatic rings. The van der Waals surface area contributed by atoms with Gasteiger partial charge in [-0.1, -0.05) is 39.5 Å². The lowest BCUT2D eigenvalue weighted by Crippen LogP contribution is -2.25. The van der Waals surface area contributed by atoms with E-state index >= 15 is 0 Å². The number of methoxy groups -OCH3 is 1. The molecule has 8 heteroatoms. The van der Waals surface area contributed by atoms with Gasteiger partial charge in [0.25, 0.3) is 5.91 Å². The van der Waals surface area contributed by atoms with Crippen molar-refractivity contribution in [1.82, 2.24) is 20.1 Å². The third-order valence-electron chi connectivity index (χ3n) is 4.77. The van der Waals surface area contributed by atoms with E-state index in [4.69, 9.17) is 9.47 Å². The molecule has 0 atom stereocenters. The molecular weight excluding hydrogens is 412 g/mol. The van der Waals surface area contributed by atoms with Gasteiger partial charge in [0.05, 0.1) is 13.7 Å². The highest BCUT2D eigenvalue weighted by molar-refractivity contribution is 7.98. The average Bonchev–Trinajstić information content (AvgIpc) is 3.11. The van der Waals surface area contributed by atoms with Gasteiger partial charge in [0.2, 0.25) is 0 Å². The first kappa shape index (κ1) is 25.0. The number of amides is 1. The lowest BCUT2D eigenvalue weighted by Gasteiger charge is -2.13. The monoisotopic (exact) mass is 448 g/mol. The molecule has 0 unspecified atom stereocenters. The number of ether oxygens (including phenoxy) is 2. The topological polar surface area (TPSA) is 78.3 Å². The zero-order chi connectivity index (χ0) is 22.8. The van der Waals surface area contributed by atoms with Crippen molar-refractivity contribution >= 4 is 17.7 Å². The van der Waals surface area contributed by atoms with Crippen LogP contribution in [0, 0.1) is 11.8 Å². The molecular formula is C23H36N4O3S. The van der Waals surface area contributed by atoms with Gasteiger partial charge < -0.3 is 19.4 Å². The van der Waals surface area contributed by atoms with E-state index in [0.29, 0.717) is 42.0 Å². The summed E-state index contributed by atoms with van der Waals surface area (Å²) >= 11 is 1.61. The summed E-state index contributed by atoms with van der Waals surface area (Å²) in [6, 6.07) is 5.29. The zero-order valence-corrected chi connectivity index (χ0v) is 20.4. The van der Waals surface area contributed by atoms with Gasteiger partial charge in [-0.3, -0.25) is 4.79 Å². The SMILES string of the molecule is COc1cc(C(=O)NCCCc2nnc(SC)n2CC(C)C)ccc1OCCC(C)C. The van der Waals surface area contributed by atoms with Crippen LogP contribution in [0.5, 0.6) is 11.5 Å². The van der Waals surface area contributed by atoms with Crippen LogP contribution >= 0.6 is 11.8 Å². The lowest BCUT2D eigenvalue weighted by molar-refractivity contribution is 0.0952. The third-order valence-corrected chi connectivity index (χ3v) is 5.43. The Morgan fingerprint density at radius 2 is 1.94 bits per heavy atom. The number of carbonyl (C=O) groups excluding carboxylic acids is 1. The Morgan fingerprint density at radius 1 is 1.16 bits per heavy atom. The predicted octanol–water partition coefficient (Wildman–Crippen LogP) is 4.45. The summed E-state index contributed by atoms with van der Waals surface area (Å²) in [5, 5.41) is 12.5. The van der Waals surface area contributed by atoms with Crippen LogP contribution in [-0.2, 0) is 13.0 Å². The molecule has 0 aliphatic carbocycles. The van der Waals surface area contributed by atoms with Gasteiger partial charge >= 0.3 is 0 Å². The maximum Gasteiger partial charge on any atom is 0.251 e. The molecule has 0 fully saturated rings. The predicted molar refractivity (Wildman–Crippen MR) is 125 cm³/mol. The van der Waals surface area contributed by atoms with Crippen LogP contribution in [-0.4, -0.2) is 47.2 Å². The molecule has 0 aliphatic rings. The summed E-state index contributed by atoms with van der Waals surface area (Å²) in [7, 11) is 1.59. The first-order chi connectivity index (χ1) is 14.8. The number of aromatic nitrogens is 3. The summed E-state index contributed by atoms with van der Waals surface area (Å²) in [4.78, 5) is 12.6. The minimum absolute atomic E-state index is 0.125. The van der Waals surface area contributed by atoms with E-state index in [0.717, 1.165) is 36.8 Å². The number of carbonyl (C=O) groups is 1. The molecule has 1 heterocycles. The molecule has 1 aromatic carbocycles. The Balaban J connectivity index is 1.88. The minimum Gasteiger partial charge on any atom is -0.493 e. The number of rotatable bonds is 13. The Morgan fingerprint density at radius 3 is 2.58 bits per heavy atom. The molecule has 7 nitrogen and oxygen atoms in total. The van der Waals surface area contributed by atoms with Gasteiger partial charge in [0.15, 0.2) is 16.7 Å². The molecule has 1 aromatic heterocycles. The number of nitrogens with one attached hydrogen (secondary N) is 1. The van der Waals surface area contributed by atoms with Crippen molar-refractivity contribution in [2.75, 3.05) is 26.5 Å². The van der Waals surface area contributed by atoms with Crippen molar-refractivity contribution in [3.8, 4) is 11.5 Å². The fraction of sp³-hybridized carbons (Fsp3) is 0.609. The van der Waals surface area contributed by atoms with Gasteiger partial charge in [-0.2, -0.15) is 0 Å². The first-order valence-electron chi connectivity index (χ1n) is 10.9. The van der Waals surface area contributed by atoms with Gasteiger partial charge in [-0.15, -0.1) is 10.2 Å². The summed E-state index contributed by atoms with van der Waals surface area (Å²) in [6.07, 6.45) is 4.55. The van der Waals surface area contributed by atoms with E-state index in [1.807, 2.05) is 6.26 Å². The van der Waals surface area contributed by atoms with Crippen LogP contribution in [0.1, 0.15) is 56.7 Å². The van der Waals surface area contributed by atoms with E-state index in [1.54, 1.807) is 37.1 Å². The average molecular weight is 449 g/mol. The van der Waals surface area contributed by atoms with Crippen molar-refractivity contribution in [3.05, 3.63) is 29.6 Å². The van der Waals surface area contributed by atoms with E-state index in [-0.39, 0.29) is 5.91 Å². The quantitative estimate of drug-likeness (QED) is 0.360. The Bertz CT molecular complexity index is 836. The fourth-order valence-electron chi connectivity index (χ4n) is 3.09. The zero-order valence-electron chi connectivity index (χ0n) is 19.6. The van der Waals surface area contributed by atoms with Gasteiger partial charge in [0, 0.05) is 25.1 Å². The Kier molecular flexibility index (Phi) is 10.2. The van der Waals surface area contributed by atoms with E-state index in [9.17, 15) is 4.79 Å². The van der Waals surface area contributed by atoms with Crippen molar-refractivity contribution in [3.63, 3.8) is 0 Å². The number of benzene rings is 1. The van der Waals surface area contributed by atoms with Crippen LogP contribution in [0.2, 0.25) is 0 Å². The van der Waals surface area contributed by atoms with Crippen molar-refractivity contribution in [2.45, 2.75) is 58.7 Å². The lowest BCUT2D eigenvalue weighted by atomic mass is 10.1. The van der Waals surface area contributed by atoms with Gasteiger partial charge in [0.1, 0.15) is 5.82 Å². The molecule has 172 valence electrons. The second-order valence-corrected chi connectivity index (χ2v) is 9.14. The molecule has 0 aliphatic heterocycles. The van der Waals surface area contributed by atoms with Crippen molar-refractivity contribution in [1.29, 1.82) is 0 Å². The highest BCUT2D eigenvalue weighted by Gasteiger charge is 2.14. The number of nitrogens with zero attached hydrogens (tertiary/aromatic N) is 3. The summed E-state index contributed by atoms with van der Waals surface area (Å²) < 4.78 is 13.4. The van der Waals surface area contributed by atoms with Gasteiger partial charge in [-0.05, 0) is 49.1 Å². The standard InChI is InChI=1S/C23H36N4O3S/c1-16(2)11-13-30-19-10-9-18(14-20(19)29-5)22(28)24-12-7-8-21-25-26-23(31-6)27(21)15-17(3)4/h9-10,14,16-17H,7-8,11-13,15H2,1-6H3,(H,24,28). The third kappa shape index (κ3) is 7.76. The molecule has 0 saturated carbocycles. The largest absolute Gasteiger partial charge is 0.493 e. The van der Waals surface area contributed by atoms with E-state index < -0.39 is 0 Å². The van der Waals surface area contributed by atoms with Crippen LogP contribution in [0.15, 0.2) is 23.4 Å². The molecule has 0 spiro atoms. The van der Waals surface area contributed by atoms with Crippen molar-refractivity contribution < 1.29 is 14.3 Å². The van der Waals surface area contributed by atoms with Crippen LogP contribution in [0.3, 0.4) is 0 Å². The van der Waals surface area contributed by atoms with Crippen LogP contribution < -0.4 is 14.8 Å². The second-order valence-electron chi connectivity index (χ2n) is 8.36. The minimum atomic E-state index is -0.125. The molecule has 1 N–H and O–H groups in total. The van der Waals surface area contributed by atoms with E-state index in [2.05, 4.69) is 47.8 Å². The highest BCUT2D eigenvalue weighted by Crippen LogP contribution is 2.28. The maximum atomic E-state index is 12.6. The van der Waals surface area contributed by atoms with Crippen LogP contribution in [0.4, 0.5) is 0 Å². The Labute approximate surface area is 190 Å². The number of hydrogen-bond acceptors (Lipinski definition) is 6. The van der Waals surface area contributed by atoms with Crippen LogP contribution in [0.25, 0.3) is 0 Å². The van der Waals surface area contributed by atoms with Gasteiger partial charge in [-0.25, -0.2) is 0 Å². The molecule has 0 radical (unpaired) electrons. The second kappa shape index (κ2) is 12.6. The summed E-state index contributed by atoms with van der Waals surface area (Å²) in [5.41, 5.74) is 0.556. The number of aryl methyl sites for hydroxylation is 1. The number of thioether (sulfide) groups is 1. The molecule has 31 heavy (non-hydrogen) atoms. The smallest absolute Gasteiger partial charge is 0.251 e. The molecule has 0 bridgehead atoms. The van der Waals surface area contributed by atoms with E-state index in [1.165, 1.54) is 0 Å². The molecule has 1 amide bonds. The first-order valence-corrected chi connectivity index (χ1v) is 12.1. The summed E-state index contributed by atoms with van der Waals surface area (Å²) in [5.74, 6) is 3.17. The van der Waals surface area contributed by atoms with Crippen molar-refractivity contribution in [2.24, 2.45) is 11.8 Å². The Hall–Kier alpha value is -2.22. The number of hydrogen-bond donors (Lipinski definition) is 1. The summed E-state index contributed by atoms with van der Waals surface area (Å²) in [6.45, 7) is 10.8. The fourth-order valence-corrected chi connectivity index (χ4v) is 3.61. The molecule has 2 rings (SSSR count).